The van der Waals surface area contributed by atoms with Gasteiger partial charge in [0.25, 0.3) is 0 Å². The molecule has 1 aliphatic rings. The molecule has 9 heteroatoms. The van der Waals surface area contributed by atoms with E-state index in [1.807, 2.05) is 6.07 Å². The number of hydrogen-bond acceptors (Lipinski definition) is 4. The fraction of sp³-hybridized carbons (Fsp3) is 0.364. The number of carbonyl (C=O) groups is 2. The van der Waals surface area contributed by atoms with E-state index in [9.17, 15) is 18.0 Å². The number of nitrogens with one attached hydrogen (secondary N) is 1. The highest BCUT2D eigenvalue weighted by Crippen LogP contribution is 2.25. The van der Waals surface area contributed by atoms with Gasteiger partial charge in [-0.25, -0.2) is 8.42 Å². The van der Waals surface area contributed by atoms with Gasteiger partial charge in [0, 0.05) is 41.2 Å². The van der Waals surface area contributed by atoms with Gasteiger partial charge in [0.05, 0.1) is 4.90 Å². The average molecular weight is 483 g/mol. The Morgan fingerprint density at radius 3 is 2.29 bits per heavy atom. The van der Waals surface area contributed by atoms with Crippen molar-refractivity contribution in [2.45, 2.75) is 31.1 Å². The molecule has 0 aromatic heterocycles. The number of carbonyl (C=O) groups excluding carboxylic acids is 2. The maximum atomic E-state index is 12.8. The maximum absolute atomic E-state index is 12.8. The third kappa shape index (κ3) is 5.86. The molecule has 0 bridgehead atoms. The number of benzene rings is 2. The van der Waals surface area contributed by atoms with Gasteiger partial charge in [0.15, 0.2) is 5.78 Å². The van der Waals surface area contributed by atoms with Crippen molar-refractivity contribution in [3.63, 3.8) is 0 Å². The molecule has 0 unspecified atom stereocenters. The second kappa shape index (κ2) is 10.1. The summed E-state index contributed by atoms with van der Waals surface area (Å²) in [6.07, 6.45) is 1.50. The summed E-state index contributed by atoms with van der Waals surface area (Å²) in [6, 6.07) is 11.2. The molecule has 0 aliphatic carbocycles. The topological polar surface area (TPSA) is 83.6 Å². The number of rotatable bonds is 7. The van der Waals surface area contributed by atoms with Crippen LogP contribution in [0.25, 0.3) is 0 Å². The lowest BCUT2D eigenvalue weighted by atomic mass is 9.97. The van der Waals surface area contributed by atoms with Crippen LogP contribution in [0, 0.1) is 5.92 Å². The van der Waals surface area contributed by atoms with Crippen LogP contribution in [-0.2, 0) is 21.2 Å². The summed E-state index contributed by atoms with van der Waals surface area (Å²) in [5.74, 6) is -0.422. The molecule has 1 N–H and O–H groups in total. The SMILES string of the molecule is CC(=O)c1ccc(S(=O)(=O)N2CCC(C(=O)NCCc3ccc(Cl)cc3Cl)CC2)cc1. The third-order valence-electron chi connectivity index (χ3n) is 5.43. The molecule has 0 radical (unpaired) electrons. The van der Waals surface area contributed by atoms with Crippen molar-refractivity contribution >= 4 is 44.9 Å². The van der Waals surface area contributed by atoms with Gasteiger partial charge in [0.1, 0.15) is 0 Å². The van der Waals surface area contributed by atoms with Crippen molar-refractivity contribution in [2.24, 2.45) is 5.92 Å². The van der Waals surface area contributed by atoms with Crippen molar-refractivity contribution in [1.29, 1.82) is 0 Å². The largest absolute Gasteiger partial charge is 0.356 e. The minimum absolute atomic E-state index is 0.0760. The Morgan fingerprint density at radius 1 is 1.06 bits per heavy atom. The lowest BCUT2D eigenvalue weighted by Gasteiger charge is -2.30. The van der Waals surface area contributed by atoms with Crippen LogP contribution in [0.2, 0.25) is 10.0 Å². The minimum atomic E-state index is -3.65. The van der Waals surface area contributed by atoms with Gasteiger partial charge in [-0.15, -0.1) is 0 Å². The molecule has 3 rings (SSSR count). The summed E-state index contributed by atoms with van der Waals surface area (Å²) >= 11 is 12.0. The fourth-order valence-corrected chi connectivity index (χ4v) is 5.53. The van der Waals surface area contributed by atoms with E-state index in [0.29, 0.717) is 41.4 Å². The molecule has 0 spiro atoms. The van der Waals surface area contributed by atoms with E-state index in [2.05, 4.69) is 5.32 Å². The molecule has 6 nitrogen and oxygen atoms in total. The highest BCUT2D eigenvalue weighted by Gasteiger charge is 2.32. The molecule has 1 amide bonds. The number of ketones is 1. The Labute approximate surface area is 192 Å². The van der Waals surface area contributed by atoms with Crippen LogP contribution in [-0.4, -0.2) is 44.0 Å². The van der Waals surface area contributed by atoms with Crippen LogP contribution in [0.5, 0.6) is 0 Å². The Balaban J connectivity index is 1.51. The number of amides is 1. The van der Waals surface area contributed by atoms with E-state index >= 15 is 0 Å². The van der Waals surface area contributed by atoms with Crippen molar-refractivity contribution in [2.75, 3.05) is 19.6 Å². The van der Waals surface area contributed by atoms with Gasteiger partial charge in [-0.3, -0.25) is 9.59 Å². The van der Waals surface area contributed by atoms with Gasteiger partial charge >= 0.3 is 0 Å². The zero-order valence-electron chi connectivity index (χ0n) is 17.1. The Kier molecular flexibility index (Phi) is 7.75. The number of halogens is 2. The van der Waals surface area contributed by atoms with Crippen LogP contribution in [0.3, 0.4) is 0 Å². The van der Waals surface area contributed by atoms with E-state index in [4.69, 9.17) is 23.2 Å². The molecule has 2 aromatic carbocycles. The minimum Gasteiger partial charge on any atom is -0.356 e. The maximum Gasteiger partial charge on any atom is 0.243 e. The van der Waals surface area contributed by atoms with Crippen molar-refractivity contribution in [3.05, 3.63) is 63.6 Å². The van der Waals surface area contributed by atoms with Gasteiger partial charge in [0.2, 0.25) is 15.9 Å². The van der Waals surface area contributed by atoms with E-state index in [1.54, 1.807) is 12.1 Å². The lowest BCUT2D eigenvalue weighted by molar-refractivity contribution is -0.126. The van der Waals surface area contributed by atoms with Gasteiger partial charge in [-0.2, -0.15) is 4.31 Å². The zero-order valence-corrected chi connectivity index (χ0v) is 19.4. The van der Waals surface area contributed by atoms with E-state index in [0.717, 1.165) is 5.56 Å². The van der Waals surface area contributed by atoms with E-state index in [1.165, 1.54) is 35.5 Å². The van der Waals surface area contributed by atoms with E-state index in [-0.39, 0.29) is 35.6 Å². The monoisotopic (exact) mass is 482 g/mol. The molecule has 0 atom stereocenters. The van der Waals surface area contributed by atoms with Crippen molar-refractivity contribution in [1.82, 2.24) is 9.62 Å². The van der Waals surface area contributed by atoms with Crippen LogP contribution < -0.4 is 5.32 Å². The normalized spacial score (nSPS) is 15.6. The summed E-state index contributed by atoms with van der Waals surface area (Å²) in [7, 11) is -3.65. The predicted molar refractivity (Wildman–Crippen MR) is 121 cm³/mol. The zero-order chi connectivity index (χ0) is 22.6. The first-order valence-corrected chi connectivity index (χ1v) is 12.2. The Hall–Kier alpha value is -1.93. The molecule has 2 aromatic rings. The molecule has 166 valence electrons. The van der Waals surface area contributed by atoms with Gasteiger partial charge < -0.3 is 5.32 Å². The van der Waals surface area contributed by atoms with Crippen molar-refractivity contribution < 1.29 is 18.0 Å². The molecule has 31 heavy (non-hydrogen) atoms. The van der Waals surface area contributed by atoms with Gasteiger partial charge in [-0.1, -0.05) is 41.4 Å². The first-order chi connectivity index (χ1) is 14.7. The number of Topliss-reactive ketones (excluding diaryl/α,β-unsaturated/α-hetero) is 1. The number of hydrogen-bond donors (Lipinski definition) is 1. The molecular formula is C22H24Cl2N2O4S. The summed E-state index contributed by atoms with van der Waals surface area (Å²) < 4.78 is 27.1. The molecule has 1 aliphatic heterocycles. The van der Waals surface area contributed by atoms with Gasteiger partial charge in [-0.05, 0) is 56.0 Å². The van der Waals surface area contributed by atoms with Crippen LogP contribution in [0.4, 0.5) is 0 Å². The molecular weight excluding hydrogens is 459 g/mol. The van der Waals surface area contributed by atoms with Crippen molar-refractivity contribution in [3.8, 4) is 0 Å². The number of piperidine rings is 1. The molecule has 1 fully saturated rings. The summed E-state index contributed by atoms with van der Waals surface area (Å²) in [5.41, 5.74) is 1.37. The number of sulfonamides is 1. The summed E-state index contributed by atoms with van der Waals surface area (Å²) in [4.78, 5) is 24.0. The highest BCUT2D eigenvalue weighted by atomic mass is 35.5. The molecule has 1 saturated heterocycles. The quantitative estimate of drug-likeness (QED) is 0.605. The summed E-state index contributed by atoms with van der Waals surface area (Å²) in [5, 5.41) is 4.04. The van der Waals surface area contributed by atoms with Crippen LogP contribution >= 0.6 is 23.2 Å². The standard InChI is InChI=1S/C22H24Cl2N2O4S/c1-15(27)16-3-6-20(7-4-16)31(29,30)26-12-9-18(10-13-26)22(28)25-11-8-17-2-5-19(23)14-21(17)24/h2-7,14,18H,8-13H2,1H3,(H,25,28). The summed E-state index contributed by atoms with van der Waals surface area (Å²) in [6.45, 7) is 2.43. The first-order valence-electron chi connectivity index (χ1n) is 10.0. The van der Waals surface area contributed by atoms with Crippen LogP contribution in [0.1, 0.15) is 35.7 Å². The smallest absolute Gasteiger partial charge is 0.243 e. The number of nitrogens with zero attached hydrogens (tertiary/aromatic N) is 1. The van der Waals surface area contributed by atoms with E-state index < -0.39 is 10.0 Å². The first kappa shape index (κ1) is 23.7. The second-order valence-corrected chi connectivity index (χ2v) is 10.3. The Morgan fingerprint density at radius 2 is 1.71 bits per heavy atom. The Bertz CT molecular complexity index is 1060. The average Bonchev–Trinajstić information content (AvgIpc) is 2.75. The second-order valence-electron chi connectivity index (χ2n) is 7.54. The van der Waals surface area contributed by atoms with Crippen LogP contribution in [0.15, 0.2) is 47.4 Å². The lowest BCUT2D eigenvalue weighted by Crippen LogP contribution is -2.43. The fourth-order valence-electron chi connectivity index (χ4n) is 3.56. The predicted octanol–water partition coefficient (Wildman–Crippen LogP) is 3.96. The molecule has 1 heterocycles. The third-order valence-corrected chi connectivity index (χ3v) is 7.93. The highest BCUT2D eigenvalue weighted by molar-refractivity contribution is 7.89. The molecule has 0 saturated carbocycles.